The third-order valence-electron chi connectivity index (χ3n) is 11.2. The molecule has 65 heavy (non-hydrogen) atoms. The van der Waals surface area contributed by atoms with Crippen LogP contribution < -0.4 is 5.32 Å². The van der Waals surface area contributed by atoms with Gasteiger partial charge in [0, 0.05) is 13.0 Å². The predicted molar refractivity (Wildman–Crippen MR) is 261 cm³/mol. The van der Waals surface area contributed by atoms with E-state index in [4.69, 9.17) is 23.3 Å². The Bertz CT molecular complexity index is 1330. The molecule has 6 N–H and O–H groups in total. The van der Waals surface area contributed by atoms with Crippen LogP contribution in [0, 0.1) is 0 Å². The molecule has 6 atom stereocenters. The van der Waals surface area contributed by atoms with E-state index in [-0.39, 0.29) is 39.3 Å². The van der Waals surface area contributed by atoms with Gasteiger partial charge in [0.05, 0.1) is 32.6 Å². The molecule has 0 aromatic heterocycles. The molecule has 1 heterocycles. The van der Waals surface area contributed by atoms with Gasteiger partial charge in [-0.3, -0.25) is 13.8 Å². The summed E-state index contributed by atoms with van der Waals surface area (Å²) in [4.78, 5) is 23.1. The van der Waals surface area contributed by atoms with Gasteiger partial charge in [-0.25, -0.2) is 4.57 Å². The number of unbranched alkanes of at least 4 members (excludes halogenated alkanes) is 20. The van der Waals surface area contributed by atoms with Crippen molar-refractivity contribution in [2.45, 2.75) is 217 Å². The maximum atomic E-state index is 12.8. The Morgan fingerprint density at radius 1 is 0.677 bits per heavy atom. The third-order valence-corrected chi connectivity index (χ3v) is 12.2. The molecule has 0 aromatic rings. The van der Waals surface area contributed by atoms with Crippen molar-refractivity contribution >= 4 is 13.8 Å². The number of nitrogens with one attached hydrogen (secondary N) is 1. The minimum absolute atomic E-state index is 0.0566. The number of aliphatic hydroxyl groups is 4. The van der Waals surface area contributed by atoms with E-state index < -0.39 is 50.6 Å². The lowest BCUT2D eigenvalue weighted by Gasteiger charge is -2.41. The maximum Gasteiger partial charge on any atom is 0.472 e. The molecule has 0 radical (unpaired) electrons. The molecule has 0 aromatic carbocycles. The molecule has 1 aliphatic heterocycles. The van der Waals surface area contributed by atoms with Crippen molar-refractivity contribution in [1.82, 2.24) is 5.32 Å². The first-order valence-corrected chi connectivity index (χ1v) is 26.8. The number of allylic oxidation sites excluding steroid dienone is 9. The second-order valence-electron chi connectivity index (χ2n) is 17.3. The van der Waals surface area contributed by atoms with Crippen LogP contribution in [0.4, 0.5) is 0 Å². The van der Waals surface area contributed by atoms with Gasteiger partial charge in [0.1, 0.15) is 24.9 Å². The summed E-state index contributed by atoms with van der Waals surface area (Å²) >= 11 is 0. The largest absolute Gasteiger partial charge is 0.498 e. The van der Waals surface area contributed by atoms with Gasteiger partial charge < -0.3 is 44.8 Å². The third kappa shape index (κ3) is 35.6. The summed E-state index contributed by atoms with van der Waals surface area (Å²) in [6.45, 7) is 2.85. The van der Waals surface area contributed by atoms with Crippen molar-refractivity contribution in [2.75, 3.05) is 39.5 Å². The van der Waals surface area contributed by atoms with Gasteiger partial charge in [-0.2, -0.15) is 0 Å². The van der Waals surface area contributed by atoms with E-state index in [1.807, 2.05) is 6.08 Å². The molecule has 1 fully saturated rings. The number of esters is 1. The van der Waals surface area contributed by atoms with Gasteiger partial charge in [0.15, 0.2) is 6.10 Å². The smallest absolute Gasteiger partial charge is 0.472 e. The maximum absolute atomic E-state index is 12.8. The van der Waals surface area contributed by atoms with Gasteiger partial charge >= 0.3 is 13.8 Å². The number of phosphoric ester groups is 1. The summed E-state index contributed by atoms with van der Waals surface area (Å²) in [5.74, 6) is -2.63. The van der Waals surface area contributed by atoms with E-state index in [9.17, 15) is 34.7 Å². The highest BCUT2D eigenvalue weighted by atomic mass is 31.2. The van der Waals surface area contributed by atoms with E-state index in [1.54, 1.807) is 6.26 Å². The number of hydrogen-bond acceptors (Lipinski definition) is 12. The summed E-state index contributed by atoms with van der Waals surface area (Å²) in [6.07, 6.45) is 45.9. The summed E-state index contributed by atoms with van der Waals surface area (Å²) in [5, 5.41) is 42.7. The fraction of sp³-hybridized carbons (Fsp3) is 0.784. The van der Waals surface area contributed by atoms with Gasteiger partial charge in [-0.15, -0.1) is 0 Å². The standard InChI is InChI=1S/C51H92NO12P/c1-3-5-7-9-11-13-15-17-19-21-22-23-24-26-28-30-32-34-36-38-48(54)64-46(42-60-40-37-35-33-31-29-27-25-20-18-16-14-12-10-8-6-4-2)43-63-65(58,59)62-41-39-52-45-51(57)50(56)49(55)47(53)44-61-51/h11,13,17,19,22-23,26,28,37,40,46-47,49-50,52-53,55-57H,3-10,12,14-16,18,20-21,24-25,27,29-36,38-39,41-45H2,1-2H3,(H,58,59)/b13-11-,19-17-,23-22-,28-26-,40-37-/t46-,47-,49-,50+,51-/m1/s1. The van der Waals surface area contributed by atoms with Gasteiger partial charge in [-0.05, 0) is 70.3 Å². The summed E-state index contributed by atoms with van der Waals surface area (Å²) in [5.41, 5.74) is 0. The quantitative estimate of drug-likeness (QED) is 0.0111. The van der Waals surface area contributed by atoms with E-state index in [1.165, 1.54) is 103 Å². The van der Waals surface area contributed by atoms with Crippen LogP contribution in [-0.4, -0.2) is 101 Å². The average Bonchev–Trinajstić information content (AvgIpc) is 3.29. The molecule has 378 valence electrons. The van der Waals surface area contributed by atoms with Crippen LogP contribution in [-0.2, 0) is 32.6 Å². The summed E-state index contributed by atoms with van der Waals surface area (Å²) in [7, 11) is -4.58. The molecule has 0 saturated carbocycles. The number of carbonyl (C=O) groups is 1. The predicted octanol–water partition coefficient (Wildman–Crippen LogP) is 10.8. The van der Waals surface area contributed by atoms with Gasteiger partial charge in [-0.1, -0.05) is 165 Å². The molecule has 1 unspecified atom stereocenters. The molecule has 13 nitrogen and oxygen atoms in total. The van der Waals surface area contributed by atoms with Crippen LogP contribution in [0.15, 0.2) is 60.9 Å². The second-order valence-corrected chi connectivity index (χ2v) is 18.8. The number of ether oxygens (including phenoxy) is 3. The topological polar surface area (TPSA) is 193 Å². The fourth-order valence-corrected chi connectivity index (χ4v) is 7.90. The van der Waals surface area contributed by atoms with Crippen molar-refractivity contribution < 1.29 is 57.9 Å². The molecule has 0 amide bonds. The van der Waals surface area contributed by atoms with E-state index in [0.717, 1.165) is 57.8 Å². The molecule has 0 bridgehead atoms. The first-order chi connectivity index (χ1) is 31.5. The zero-order chi connectivity index (χ0) is 47.5. The Morgan fingerprint density at radius 2 is 1.15 bits per heavy atom. The molecular weight excluding hydrogens is 850 g/mol. The van der Waals surface area contributed by atoms with Crippen molar-refractivity contribution in [3.05, 3.63) is 60.9 Å². The van der Waals surface area contributed by atoms with Gasteiger partial charge in [0.25, 0.3) is 0 Å². The van der Waals surface area contributed by atoms with Crippen LogP contribution in [0.2, 0.25) is 0 Å². The average molecular weight is 942 g/mol. The van der Waals surface area contributed by atoms with Crippen LogP contribution in [0.3, 0.4) is 0 Å². The number of phosphoric acid groups is 1. The molecule has 1 aliphatic rings. The van der Waals surface area contributed by atoms with Gasteiger partial charge in [0.2, 0.25) is 5.79 Å². The lowest BCUT2D eigenvalue weighted by Crippen LogP contribution is -2.64. The van der Waals surface area contributed by atoms with Crippen LogP contribution in [0.1, 0.15) is 187 Å². The van der Waals surface area contributed by atoms with E-state index >= 15 is 0 Å². The Labute approximate surface area is 393 Å². The Morgan fingerprint density at radius 3 is 1.72 bits per heavy atom. The normalized spacial score (nSPS) is 20.8. The first kappa shape index (κ1) is 60.9. The zero-order valence-corrected chi connectivity index (χ0v) is 41.4. The first-order valence-electron chi connectivity index (χ1n) is 25.3. The second kappa shape index (κ2) is 42.0. The zero-order valence-electron chi connectivity index (χ0n) is 40.5. The Kier molecular flexibility index (Phi) is 39.3. The molecule has 0 aliphatic carbocycles. The fourth-order valence-electron chi connectivity index (χ4n) is 7.15. The minimum atomic E-state index is -4.58. The van der Waals surface area contributed by atoms with Crippen molar-refractivity contribution in [3.63, 3.8) is 0 Å². The van der Waals surface area contributed by atoms with Crippen LogP contribution in [0.5, 0.6) is 0 Å². The minimum Gasteiger partial charge on any atom is -0.498 e. The number of rotatable bonds is 44. The van der Waals surface area contributed by atoms with Crippen molar-refractivity contribution in [3.8, 4) is 0 Å². The lowest BCUT2D eigenvalue weighted by atomic mass is 9.97. The van der Waals surface area contributed by atoms with Crippen molar-refractivity contribution in [1.29, 1.82) is 0 Å². The number of hydrogen-bond donors (Lipinski definition) is 6. The lowest BCUT2D eigenvalue weighted by molar-refractivity contribution is -0.317. The Balaban J connectivity index is 2.40. The molecule has 1 rings (SSSR count). The number of carbonyl (C=O) groups excluding carboxylic acids is 1. The summed E-state index contributed by atoms with van der Waals surface area (Å²) < 4.78 is 39.2. The van der Waals surface area contributed by atoms with Crippen molar-refractivity contribution in [2.24, 2.45) is 0 Å². The summed E-state index contributed by atoms with van der Waals surface area (Å²) in [6, 6.07) is 0. The highest BCUT2D eigenvalue weighted by molar-refractivity contribution is 7.47. The highest BCUT2D eigenvalue weighted by Crippen LogP contribution is 2.43. The van der Waals surface area contributed by atoms with Crippen LogP contribution in [0.25, 0.3) is 0 Å². The number of aliphatic hydroxyl groups excluding tert-OH is 3. The molecule has 14 heteroatoms. The molecule has 0 spiro atoms. The monoisotopic (exact) mass is 942 g/mol. The SMILES string of the molecule is CCCCC/C=C\C/C=C\C/C=C\C/C=C\CCCCCC(=O)O[C@H](CO/C=C\CCCCCCCCCCCCCCCC)COP(=O)(O)OCCNC[C@@]1(O)OC[C@@H](O)[C@@H](O)[C@@H]1O. The molecular formula is C51H92NO12P. The molecule has 1 saturated heterocycles. The van der Waals surface area contributed by atoms with E-state index in [0.29, 0.717) is 6.42 Å². The van der Waals surface area contributed by atoms with E-state index in [2.05, 4.69) is 67.8 Å². The van der Waals surface area contributed by atoms with Crippen LogP contribution >= 0.6 is 7.82 Å². The Hall–Kier alpha value is -2.16. The highest BCUT2D eigenvalue weighted by Gasteiger charge is 2.48.